The van der Waals surface area contributed by atoms with Gasteiger partial charge in [0.25, 0.3) is 0 Å². The lowest BCUT2D eigenvalue weighted by atomic mass is 10.1. The van der Waals surface area contributed by atoms with Crippen molar-refractivity contribution in [3.05, 3.63) is 65.2 Å². The summed E-state index contributed by atoms with van der Waals surface area (Å²) >= 11 is 5.84. The predicted molar refractivity (Wildman–Crippen MR) is 95.1 cm³/mol. The number of hydrogen-bond donors (Lipinski definition) is 1. The van der Waals surface area contributed by atoms with Crippen LogP contribution in [0, 0.1) is 5.92 Å². The number of anilines is 1. The molecule has 0 bridgehead atoms. The minimum Gasteiger partial charge on any atom is -0.355 e. The molecule has 1 saturated heterocycles. The smallest absolute Gasteiger partial charge is 0.227 e. The quantitative estimate of drug-likeness (QED) is 0.908. The van der Waals surface area contributed by atoms with E-state index in [9.17, 15) is 9.59 Å². The molecule has 124 valence electrons. The fourth-order valence-electron chi connectivity index (χ4n) is 2.88. The van der Waals surface area contributed by atoms with Crippen LogP contribution >= 0.6 is 11.6 Å². The van der Waals surface area contributed by atoms with E-state index in [0.29, 0.717) is 31.0 Å². The number of nitrogens with zero attached hydrogens (tertiary/aromatic N) is 1. The third-order valence-corrected chi connectivity index (χ3v) is 4.39. The summed E-state index contributed by atoms with van der Waals surface area (Å²) in [7, 11) is 0. The van der Waals surface area contributed by atoms with Gasteiger partial charge in [0, 0.05) is 36.1 Å². The SMILES string of the molecule is O=C(Cc1ccc(Cl)cc1)NCC1CC(=O)N(c2ccccc2)C1. The van der Waals surface area contributed by atoms with Crippen LogP contribution in [0.1, 0.15) is 12.0 Å². The highest BCUT2D eigenvalue weighted by molar-refractivity contribution is 6.30. The maximum Gasteiger partial charge on any atom is 0.227 e. The lowest BCUT2D eigenvalue weighted by molar-refractivity contribution is -0.121. The average Bonchev–Trinajstić information content (AvgIpc) is 2.97. The van der Waals surface area contributed by atoms with Gasteiger partial charge in [0.2, 0.25) is 11.8 Å². The van der Waals surface area contributed by atoms with E-state index in [1.165, 1.54) is 0 Å². The number of amides is 2. The zero-order chi connectivity index (χ0) is 16.9. The zero-order valence-electron chi connectivity index (χ0n) is 13.2. The number of halogens is 1. The Kier molecular flexibility index (Phi) is 5.16. The van der Waals surface area contributed by atoms with E-state index >= 15 is 0 Å². The second-order valence-electron chi connectivity index (χ2n) is 6.02. The normalized spacial score (nSPS) is 17.1. The van der Waals surface area contributed by atoms with Crippen LogP contribution in [0.4, 0.5) is 5.69 Å². The Labute approximate surface area is 146 Å². The molecule has 2 aromatic carbocycles. The van der Waals surface area contributed by atoms with E-state index < -0.39 is 0 Å². The van der Waals surface area contributed by atoms with Gasteiger partial charge in [0.05, 0.1) is 6.42 Å². The second kappa shape index (κ2) is 7.49. The van der Waals surface area contributed by atoms with Crippen molar-refractivity contribution in [2.24, 2.45) is 5.92 Å². The molecule has 1 N–H and O–H groups in total. The van der Waals surface area contributed by atoms with Crippen molar-refractivity contribution < 1.29 is 9.59 Å². The molecule has 2 aromatic rings. The van der Waals surface area contributed by atoms with Crippen LogP contribution in [0.2, 0.25) is 5.02 Å². The van der Waals surface area contributed by atoms with Gasteiger partial charge in [-0.2, -0.15) is 0 Å². The molecule has 1 aliphatic heterocycles. The van der Waals surface area contributed by atoms with Gasteiger partial charge >= 0.3 is 0 Å². The summed E-state index contributed by atoms with van der Waals surface area (Å²) in [5.74, 6) is 0.216. The summed E-state index contributed by atoms with van der Waals surface area (Å²) in [6.07, 6.45) is 0.788. The van der Waals surface area contributed by atoms with Gasteiger partial charge in [-0.15, -0.1) is 0 Å². The van der Waals surface area contributed by atoms with Crippen molar-refractivity contribution in [3.8, 4) is 0 Å². The molecule has 0 aromatic heterocycles. The van der Waals surface area contributed by atoms with E-state index in [1.807, 2.05) is 42.5 Å². The number of nitrogens with one attached hydrogen (secondary N) is 1. The molecular weight excluding hydrogens is 324 g/mol. The van der Waals surface area contributed by atoms with Crippen LogP contribution in [0.3, 0.4) is 0 Å². The van der Waals surface area contributed by atoms with Crippen LogP contribution < -0.4 is 10.2 Å². The Balaban J connectivity index is 1.49. The van der Waals surface area contributed by atoms with Crippen molar-refractivity contribution in [1.82, 2.24) is 5.32 Å². The van der Waals surface area contributed by atoms with Gasteiger partial charge < -0.3 is 10.2 Å². The number of carbonyl (C=O) groups is 2. The molecule has 1 aliphatic rings. The molecule has 0 spiro atoms. The fraction of sp³-hybridized carbons (Fsp3) is 0.263. The molecular formula is C19H19ClN2O2. The summed E-state index contributed by atoms with van der Waals surface area (Å²) < 4.78 is 0. The monoisotopic (exact) mass is 342 g/mol. The minimum absolute atomic E-state index is 0.0390. The number of rotatable bonds is 5. The summed E-state index contributed by atoms with van der Waals surface area (Å²) in [6, 6.07) is 16.9. The Morgan fingerprint density at radius 1 is 1.12 bits per heavy atom. The number of carbonyl (C=O) groups excluding carboxylic acids is 2. The van der Waals surface area contributed by atoms with E-state index in [4.69, 9.17) is 11.6 Å². The van der Waals surface area contributed by atoms with Crippen molar-refractivity contribution >= 4 is 29.1 Å². The van der Waals surface area contributed by atoms with Crippen LogP contribution in [-0.2, 0) is 16.0 Å². The highest BCUT2D eigenvalue weighted by atomic mass is 35.5. The first-order valence-corrected chi connectivity index (χ1v) is 8.36. The first-order chi connectivity index (χ1) is 11.6. The van der Waals surface area contributed by atoms with Crippen LogP contribution in [0.5, 0.6) is 0 Å². The standard InChI is InChI=1S/C19H19ClN2O2/c20-16-8-6-14(7-9-16)10-18(23)21-12-15-11-19(24)22(13-15)17-4-2-1-3-5-17/h1-9,15H,10-13H2,(H,21,23). The topological polar surface area (TPSA) is 49.4 Å². The van der Waals surface area contributed by atoms with Gasteiger partial charge in [-0.25, -0.2) is 0 Å². The minimum atomic E-state index is -0.0390. The summed E-state index contributed by atoms with van der Waals surface area (Å²) in [5.41, 5.74) is 1.84. The van der Waals surface area contributed by atoms with E-state index in [-0.39, 0.29) is 17.7 Å². The summed E-state index contributed by atoms with van der Waals surface area (Å²) in [5, 5.41) is 3.59. The lowest BCUT2D eigenvalue weighted by Crippen LogP contribution is -2.32. The molecule has 0 aliphatic carbocycles. The summed E-state index contributed by atoms with van der Waals surface area (Å²) in [4.78, 5) is 26.0. The van der Waals surface area contributed by atoms with Crippen molar-refractivity contribution in [2.45, 2.75) is 12.8 Å². The van der Waals surface area contributed by atoms with E-state index in [2.05, 4.69) is 5.32 Å². The van der Waals surface area contributed by atoms with Crippen molar-refractivity contribution in [3.63, 3.8) is 0 Å². The second-order valence-corrected chi connectivity index (χ2v) is 6.45. The average molecular weight is 343 g/mol. The highest BCUT2D eigenvalue weighted by Gasteiger charge is 2.30. The first kappa shape index (κ1) is 16.5. The zero-order valence-corrected chi connectivity index (χ0v) is 14.0. The Morgan fingerprint density at radius 3 is 2.54 bits per heavy atom. The van der Waals surface area contributed by atoms with Gasteiger partial charge in [-0.3, -0.25) is 9.59 Å². The molecule has 4 nitrogen and oxygen atoms in total. The third-order valence-electron chi connectivity index (χ3n) is 4.14. The maximum atomic E-state index is 12.2. The number of hydrogen-bond acceptors (Lipinski definition) is 2. The van der Waals surface area contributed by atoms with Gasteiger partial charge in [0.15, 0.2) is 0 Å². The third kappa shape index (κ3) is 4.15. The predicted octanol–water partition coefficient (Wildman–Crippen LogP) is 3.05. The van der Waals surface area contributed by atoms with Crippen LogP contribution in [-0.4, -0.2) is 24.9 Å². The fourth-order valence-corrected chi connectivity index (χ4v) is 3.01. The Hall–Kier alpha value is -2.33. The Morgan fingerprint density at radius 2 is 1.83 bits per heavy atom. The largest absolute Gasteiger partial charge is 0.355 e. The van der Waals surface area contributed by atoms with E-state index in [1.54, 1.807) is 17.0 Å². The highest BCUT2D eigenvalue weighted by Crippen LogP contribution is 2.24. The molecule has 1 heterocycles. The molecule has 3 rings (SSSR count). The van der Waals surface area contributed by atoms with Gasteiger partial charge in [-0.1, -0.05) is 41.9 Å². The van der Waals surface area contributed by atoms with Gasteiger partial charge in [0.1, 0.15) is 0 Å². The Bertz CT molecular complexity index is 716. The van der Waals surface area contributed by atoms with Crippen LogP contribution in [0.15, 0.2) is 54.6 Å². The van der Waals surface area contributed by atoms with Crippen LogP contribution in [0.25, 0.3) is 0 Å². The van der Waals surface area contributed by atoms with Crippen molar-refractivity contribution in [1.29, 1.82) is 0 Å². The van der Waals surface area contributed by atoms with E-state index in [0.717, 1.165) is 11.3 Å². The molecule has 2 amide bonds. The molecule has 0 radical (unpaired) electrons. The lowest BCUT2D eigenvalue weighted by Gasteiger charge is -2.16. The molecule has 1 atom stereocenters. The van der Waals surface area contributed by atoms with Gasteiger partial charge in [-0.05, 0) is 29.8 Å². The molecule has 1 fully saturated rings. The van der Waals surface area contributed by atoms with Crippen molar-refractivity contribution in [2.75, 3.05) is 18.0 Å². The first-order valence-electron chi connectivity index (χ1n) is 7.98. The molecule has 24 heavy (non-hydrogen) atoms. The summed E-state index contributed by atoms with van der Waals surface area (Å²) in [6.45, 7) is 1.16. The molecule has 1 unspecified atom stereocenters. The molecule has 0 saturated carbocycles. The number of para-hydroxylation sites is 1. The molecule has 5 heteroatoms. The number of benzene rings is 2. The maximum absolute atomic E-state index is 12.2.